The molecular formula is C13H25NS2. The Bertz CT molecular complexity index is 202. The minimum atomic E-state index is 0.605. The molecule has 0 amide bonds. The maximum Gasteiger partial charge on any atom is 0.0263 e. The van der Waals surface area contributed by atoms with Crippen molar-refractivity contribution in [3.63, 3.8) is 0 Å². The van der Waals surface area contributed by atoms with Crippen LogP contribution in [-0.2, 0) is 0 Å². The quantitative estimate of drug-likeness (QED) is 0.834. The Labute approximate surface area is 109 Å². The molecule has 2 fully saturated rings. The van der Waals surface area contributed by atoms with Gasteiger partial charge in [0, 0.05) is 35.1 Å². The first-order valence-electron chi connectivity index (χ1n) is 6.58. The maximum absolute atomic E-state index is 3.79. The van der Waals surface area contributed by atoms with Crippen LogP contribution in [0.5, 0.6) is 0 Å². The summed E-state index contributed by atoms with van der Waals surface area (Å²) in [6.45, 7) is 6.07. The van der Waals surface area contributed by atoms with E-state index in [9.17, 15) is 0 Å². The van der Waals surface area contributed by atoms with Crippen LogP contribution in [0.3, 0.4) is 0 Å². The van der Waals surface area contributed by atoms with Gasteiger partial charge in [-0.2, -0.15) is 23.5 Å². The van der Waals surface area contributed by atoms with E-state index in [1.165, 1.54) is 49.5 Å². The first kappa shape index (κ1) is 13.1. The molecule has 1 nitrogen and oxygen atoms in total. The highest BCUT2D eigenvalue weighted by Crippen LogP contribution is 2.35. The highest BCUT2D eigenvalue weighted by Gasteiger charge is 2.27. The molecule has 3 heteroatoms. The largest absolute Gasteiger partial charge is 0.313 e. The lowest BCUT2D eigenvalue weighted by molar-refractivity contribution is 0.207. The van der Waals surface area contributed by atoms with Gasteiger partial charge in [-0.25, -0.2) is 0 Å². The van der Waals surface area contributed by atoms with Gasteiger partial charge < -0.3 is 5.32 Å². The van der Waals surface area contributed by atoms with E-state index in [-0.39, 0.29) is 0 Å². The molecule has 1 N–H and O–H groups in total. The third kappa shape index (κ3) is 4.15. The van der Waals surface area contributed by atoms with Crippen molar-refractivity contribution in [2.24, 2.45) is 5.41 Å². The zero-order valence-electron chi connectivity index (χ0n) is 10.6. The Kier molecular flexibility index (Phi) is 4.92. The molecule has 1 aliphatic carbocycles. The molecule has 0 radical (unpaired) electrons. The van der Waals surface area contributed by atoms with E-state index in [1.54, 1.807) is 0 Å². The predicted molar refractivity (Wildman–Crippen MR) is 77.6 cm³/mol. The molecule has 1 atom stereocenters. The topological polar surface area (TPSA) is 12.0 Å². The lowest BCUT2D eigenvalue weighted by Crippen LogP contribution is -2.40. The summed E-state index contributed by atoms with van der Waals surface area (Å²) in [5, 5.41) is 4.66. The summed E-state index contributed by atoms with van der Waals surface area (Å²) in [6, 6.07) is 0.806. The van der Waals surface area contributed by atoms with Crippen molar-refractivity contribution in [1.29, 1.82) is 0 Å². The van der Waals surface area contributed by atoms with E-state index >= 15 is 0 Å². The van der Waals surface area contributed by atoms with Gasteiger partial charge >= 0.3 is 0 Å². The van der Waals surface area contributed by atoms with Crippen LogP contribution in [0.2, 0.25) is 0 Å². The molecule has 0 aromatic heterocycles. The minimum absolute atomic E-state index is 0.605. The Morgan fingerprint density at radius 2 is 1.94 bits per heavy atom. The molecule has 1 heterocycles. The summed E-state index contributed by atoms with van der Waals surface area (Å²) in [6.07, 6.45) is 5.57. The Balaban J connectivity index is 1.63. The highest BCUT2D eigenvalue weighted by atomic mass is 32.2. The molecule has 2 aliphatic rings. The predicted octanol–water partition coefficient (Wildman–Crippen LogP) is 3.39. The van der Waals surface area contributed by atoms with Gasteiger partial charge in [0.15, 0.2) is 0 Å². The first-order valence-corrected chi connectivity index (χ1v) is 8.79. The average molecular weight is 259 g/mol. The van der Waals surface area contributed by atoms with Crippen molar-refractivity contribution in [3.05, 3.63) is 0 Å². The van der Waals surface area contributed by atoms with Gasteiger partial charge in [0.1, 0.15) is 0 Å². The Hall–Kier alpha value is 0.660. The van der Waals surface area contributed by atoms with Gasteiger partial charge in [0.2, 0.25) is 0 Å². The molecule has 1 aliphatic heterocycles. The fraction of sp³-hybridized carbons (Fsp3) is 1.00. The third-order valence-corrected chi connectivity index (χ3v) is 6.70. The van der Waals surface area contributed by atoms with Crippen LogP contribution in [0, 0.1) is 5.41 Å². The first-order chi connectivity index (χ1) is 7.66. The second kappa shape index (κ2) is 6.01. The van der Waals surface area contributed by atoms with Crippen molar-refractivity contribution in [1.82, 2.24) is 5.32 Å². The monoisotopic (exact) mass is 259 g/mol. The van der Waals surface area contributed by atoms with E-state index in [2.05, 4.69) is 42.7 Å². The second-order valence-electron chi connectivity index (χ2n) is 5.91. The standard InChI is InChI=1S/C13H25NS2/c1-13(2)5-3-11(4-6-13)14-9-12-10-15-7-8-16-12/h11-12,14H,3-10H2,1-2H3. The van der Waals surface area contributed by atoms with Gasteiger partial charge in [-0.05, 0) is 31.1 Å². The summed E-state index contributed by atoms with van der Waals surface area (Å²) in [5.41, 5.74) is 0.605. The summed E-state index contributed by atoms with van der Waals surface area (Å²) in [7, 11) is 0. The number of nitrogens with one attached hydrogen (secondary N) is 1. The average Bonchev–Trinajstić information content (AvgIpc) is 2.29. The van der Waals surface area contributed by atoms with E-state index < -0.39 is 0 Å². The van der Waals surface area contributed by atoms with Crippen LogP contribution < -0.4 is 5.32 Å². The van der Waals surface area contributed by atoms with Crippen LogP contribution in [-0.4, -0.2) is 35.1 Å². The molecular weight excluding hydrogens is 234 g/mol. The molecule has 0 aromatic rings. The zero-order valence-corrected chi connectivity index (χ0v) is 12.3. The summed E-state index contributed by atoms with van der Waals surface area (Å²) < 4.78 is 0. The number of hydrogen-bond donors (Lipinski definition) is 1. The lowest BCUT2D eigenvalue weighted by Gasteiger charge is -2.35. The van der Waals surface area contributed by atoms with Crippen molar-refractivity contribution in [3.8, 4) is 0 Å². The molecule has 16 heavy (non-hydrogen) atoms. The SMILES string of the molecule is CC1(C)CCC(NCC2CSCCS2)CC1. The van der Waals surface area contributed by atoms with Crippen LogP contribution in [0.25, 0.3) is 0 Å². The molecule has 1 saturated heterocycles. The molecule has 1 saturated carbocycles. The Morgan fingerprint density at radius 1 is 1.19 bits per heavy atom. The molecule has 0 aromatic carbocycles. The van der Waals surface area contributed by atoms with Crippen molar-refractivity contribution >= 4 is 23.5 Å². The lowest BCUT2D eigenvalue weighted by atomic mass is 9.75. The van der Waals surface area contributed by atoms with Gasteiger partial charge in [-0.3, -0.25) is 0 Å². The summed E-state index contributed by atoms with van der Waals surface area (Å²) >= 11 is 4.30. The fourth-order valence-electron chi connectivity index (χ4n) is 2.56. The fourth-order valence-corrected chi connectivity index (χ4v) is 5.18. The van der Waals surface area contributed by atoms with Crippen molar-refractivity contribution < 1.29 is 0 Å². The van der Waals surface area contributed by atoms with Crippen LogP contribution in [0.15, 0.2) is 0 Å². The van der Waals surface area contributed by atoms with Gasteiger partial charge in [-0.15, -0.1) is 0 Å². The second-order valence-corrected chi connectivity index (χ2v) is 8.47. The minimum Gasteiger partial charge on any atom is -0.313 e. The molecule has 2 rings (SSSR count). The van der Waals surface area contributed by atoms with Crippen molar-refractivity contribution in [2.75, 3.05) is 23.8 Å². The molecule has 0 bridgehead atoms. The van der Waals surface area contributed by atoms with Crippen molar-refractivity contribution in [2.45, 2.75) is 50.8 Å². The summed E-state index contributed by atoms with van der Waals surface area (Å²) in [5.74, 6) is 4.07. The molecule has 0 spiro atoms. The molecule has 1 unspecified atom stereocenters. The number of thioether (sulfide) groups is 2. The van der Waals surface area contributed by atoms with E-state index in [1.807, 2.05) is 0 Å². The number of rotatable bonds is 3. The van der Waals surface area contributed by atoms with Gasteiger partial charge in [0.05, 0.1) is 0 Å². The van der Waals surface area contributed by atoms with Gasteiger partial charge in [-0.1, -0.05) is 13.8 Å². The summed E-state index contributed by atoms with van der Waals surface area (Å²) in [4.78, 5) is 0. The van der Waals surface area contributed by atoms with Gasteiger partial charge in [0.25, 0.3) is 0 Å². The number of hydrogen-bond acceptors (Lipinski definition) is 3. The Morgan fingerprint density at radius 3 is 2.56 bits per heavy atom. The highest BCUT2D eigenvalue weighted by molar-refractivity contribution is 8.06. The van der Waals surface area contributed by atoms with Crippen LogP contribution >= 0.6 is 23.5 Å². The maximum atomic E-state index is 3.79. The van der Waals surface area contributed by atoms with E-state index in [0.717, 1.165) is 11.3 Å². The smallest absolute Gasteiger partial charge is 0.0263 e. The third-order valence-electron chi connectivity index (χ3n) is 3.86. The van der Waals surface area contributed by atoms with Crippen LogP contribution in [0.1, 0.15) is 39.5 Å². The zero-order chi connectivity index (χ0) is 11.4. The van der Waals surface area contributed by atoms with E-state index in [0.29, 0.717) is 5.41 Å². The van der Waals surface area contributed by atoms with Crippen LogP contribution in [0.4, 0.5) is 0 Å². The molecule has 94 valence electrons. The van der Waals surface area contributed by atoms with E-state index in [4.69, 9.17) is 0 Å². The normalized spacial score (nSPS) is 31.5.